The summed E-state index contributed by atoms with van der Waals surface area (Å²) >= 11 is 5.54. The molecule has 6 heteroatoms. The van der Waals surface area contributed by atoms with Crippen LogP contribution in [0, 0.1) is 0 Å². The Bertz CT molecular complexity index is 411. The number of anilines is 1. The molecule has 0 aliphatic rings. The van der Waals surface area contributed by atoms with Crippen molar-refractivity contribution in [1.29, 1.82) is 0 Å². The average molecular weight is 243 g/mol. The molecule has 1 heterocycles. The Labute approximate surface area is 99.0 Å². The first kappa shape index (κ1) is 12.6. The molecule has 0 aliphatic heterocycles. The van der Waals surface area contributed by atoms with Crippen molar-refractivity contribution in [1.82, 2.24) is 15.5 Å². The van der Waals surface area contributed by atoms with Gasteiger partial charge in [-0.3, -0.25) is 9.89 Å². The predicted molar refractivity (Wildman–Crippen MR) is 64.4 cm³/mol. The van der Waals surface area contributed by atoms with Gasteiger partial charge < -0.3 is 11.1 Å². The van der Waals surface area contributed by atoms with Crippen LogP contribution in [0.25, 0.3) is 0 Å². The van der Waals surface area contributed by atoms with Crippen molar-refractivity contribution in [2.45, 2.75) is 19.8 Å². The highest BCUT2D eigenvalue weighted by Crippen LogP contribution is 2.21. The van der Waals surface area contributed by atoms with Crippen LogP contribution < -0.4 is 11.1 Å². The van der Waals surface area contributed by atoms with E-state index in [1.807, 2.05) is 13.8 Å². The third-order valence-corrected chi connectivity index (χ3v) is 2.20. The summed E-state index contributed by atoms with van der Waals surface area (Å²) in [5.74, 6) is -0.167. The molecule has 5 nitrogen and oxygen atoms in total. The van der Waals surface area contributed by atoms with Gasteiger partial charge in [-0.2, -0.15) is 5.10 Å². The van der Waals surface area contributed by atoms with E-state index in [1.54, 1.807) is 0 Å². The molecule has 16 heavy (non-hydrogen) atoms. The van der Waals surface area contributed by atoms with E-state index in [-0.39, 0.29) is 24.1 Å². The first-order chi connectivity index (χ1) is 7.43. The Kier molecular flexibility index (Phi) is 3.95. The standard InChI is InChI=1S/C10H15ClN4O/c1-5(2)8-7(12)9(15-14-8)10(16)13-4-6(3)11/h5H,3-4,12H2,1-2H3,(H,13,16)(H,14,15). The van der Waals surface area contributed by atoms with Gasteiger partial charge in [-0.15, -0.1) is 0 Å². The molecule has 0 aliphatic carbocycles. The van der Waals surface area contributed by atoms with Crippen LogP contribution in [0.3, 0.4) is 0 Å². The quantitative estimate of drug-likeness (QED) is 0.750. The molecule has 0 spiro atoms. The first-order valence-corrected chi connectivity index (χ1v) is 5.26. The summed E-state index contributed by atoms with van der Waals surface area (Å²) in [6.07, 6.45) is 0. The van der Waals surface area contributed by atoms with Crippen LogP contribution in [0.1, 0.15) is 35.9 Å². The van der Waals surface area contributed by atoms with E-state index in [4.69, 9.17) is 17.3 Å². The molecule has 1 aromatic heterocycles. The molecular formula is C10H15ClN4O. The van der Waals surface area contributed by atoms with Crippen molar-refractivity contribution in [3.63, 3.8) is 0 Å². The number of nitrogens with zero attached hydrogens (tertiary/aromatic N) is 1. The predicted octanol–water partition coefficient (Wildman–Crippen LogP) is 1.60. The molecule has 0 fully saturated rings. The summed E-state index contributed by atoms with van der Waals surface area (Å²) in [5.41, 5.74) is 7.14. The van der Waals surface area contributed by atoms with E-state index < -0.39 is 0 Å². The topological polar surface area (TPSA) is 83.8 Å². The van der Waals surface area contributed by atoms with Crippen molar-refractivity contribution < 1.29 is 4.79 Å². The maximum Gasteiger partial charge on any atom is 0.274 e. The van der Waals surface area contributed by atoms with Crippen molar-refractivity contribution in [2.75, 3.05) is 12.3 Å². The molecule has 0 unspecified atom stereocenters. The van der Waals surface area contributed by atoms with E-state index >= 15 is 0 Å². The molecule has 1 amide bonds. The fourth-order valence-electron chi connectivity index (χ4n) is 1.24. The highest BCUT2D eigenvalue weighted by molar-refractivity contribution is 6.29. The lowest BCUT2D eigenvalue weighted by molar-refractivity contribution is 0.0953. The molecule has 0 bridgehead atoms. The van der Waals surface area contributed by atoms with Crippen LogP contribution in [0.2, 0.25) is 0 Å². The molecule has 0 atom stereocenters. The normalized spacial score (nSPS) is 10.5. The summed E-state index contributed by atoms with van der Waals surface area (Å²) in [7, 11) is 0. The van der Waals surface area contributed by atoms with Gasteiger partial charge in [-0.05, 0) is 5.92 Å². The zero-order chi connectivity index (χ0) is 12.3. The largest absolute Gasteiger partial charge is 0.395 e. The number of rotatable bonds is 4. The van der Waals surface area contributed by atoms with E-state index in [9.17, 15) is 4.79 Å². The van der Waals surface area contributed by atoms with Crippen LogP contribution >= 0.6 is 11.6 Å². The molecular weight excluding hydrogens is 228 g/mol. The number of carbonyl (C=O) groups is 1. The number of nitrogens with one attached hydrogen (secondary N) is 2. The van der Waals surface area contributed by atoms with Crippen LogP contribution in [-0.4, -0.2) is 22.6 Å². The van der Waals surface area contributed by atoms with Gasteiger partial charge in [-0.1, -0.05) is 32.0 Å². The summed E-state index contributed by atoms with van der Waals surface area (Å²) in [6, 6.07) is 0. The summed E-state index contributed by atoms with van der Waals surface area (Å²) in [6.45, 7) is 7.59. The van der Waals surface area contributed by atoms with Crippen molar-refractivity contribution in [3.05, 3.63) is 23.0 Å². The highest BCUT2D eigenvalue weighted by Gasteiger charge is 2.18. The second-order valence-electron chi connectivity index (χ2n) is 3.75. The third-order valence-electron chi connectivity index (χ3n) is 2.07. The zero-order valence-electron chi connectivity index (χ0n) is 9.30. The number of amides is 1. The zero-order valence-corrected chi connectivity index (χ0v) is 10.1. The van der Waals surface area contributed by atoms with Gasteiger partial charge >= 0.3 is 0 Å². The number of aromatic nitrogens is 2. The van der Waals surface area contributed by atoms with E-state index in [0.29, 0.717) is 10.7 Å². The van der Waals surface area contributed by atoms with Gasteiger partial charge in [-0.25, -0.2) is 0 Å². The Hall–Kier alpha value is -1.49. The van der Waals surface area contributed by atoms with E-state index in [1.165, 1.54) is 0 Å². The second-order valence-corrected chi connectivity index (χ2v) is 4.29. The number of nitrogen functional groups attached to an aromatic ring is 1. The lowest BCUT2D eigenvalue weighted by Gasteiger charge is -2.03. The summed E-state index contributed by atoms with van der Waals surface area (Å²) in [5, 5.41) is 9.54. The fourth-order valence-corrected chi connectivity index (χ4v) is 1.30. The summed E-state index contributed by atoms with van der Waals surface area (Å²) < 4.78 is 0. The molecule has 0 radical (unpaired) electrons. The summed E-state index contributed by atoms with van der Waals surface area (Å²) in [4.78, 5) is 11.6. The molecule has 4 N–H and O–H groups in total. The maximum absolute atomic E-state index is 11.6. The number of hydrogen-bond acceptors (Lipinski definition) is 3. The lowest BCUT2D eigenvalue weighted by Crippen LogP contribution is -2.25. The van der Waals surface area contributed by atoms with E-state index in [2.05, 4.69) is 22.1 Å². The van der Waals surface area contributed by atoms with Crippen molar-refractivity contribution in [2.24, 2.45) is 0 Å². The minimum absolute atomic E-state index is 0.192. The monoisotopic (exact) mass is 242 g/mol. The first-order valence-electron chi connectivity index (χ1n) is 4.88. The minimum atomic E-state index is -0.359. The van der Waals surface area contributed by atoms with Gasteiger partial charge in [0.1, 0.15) is 0 Å². The lowest BCUT2D eigenvalue weighted by atomic mass is 10.1. The number of H-pyrrole nitrogens is 1. The van der Waals surface area contributed by atoms with Gasteiger partial charge in [0.15, 0.2) is 5.69 Å². The minimum Gasteiger partial charge on any atom is -0.395 e. The van der Waals surface area contributed by atoms with Crippen molar-refractivity contribution in [3.8, 4) is 0 Å². The molecule has 0 saturated carbocycles. The average Bonchev–Trinajstić information content (AvgIpc) is 2.56. The van der Waals surface area contributed by atoms with Gasteiger partial charge in [0.2, 0.25) is 0 Å². The molecule has 0 aromatic carbocycles. The Morgan fingerprint density at radius 2 is 2.31 bits per heavy atom. The van der Waals surface area contributed by atoms with Gasteiger partial charge in [0.25, 0.3) is 5.91 Å². The molecule has 88 valence electrons. The number of halogens is 1. The molecule has 1 rings (SSSR count). The SMILES string of the molecule is C=C(Cl)CNC(=O)c1n[nH]c(C(C)C)c1N. The Morgan fingerprint density at radius 3 is 2.75 bits per heavy atom. The molecule has 1 aromatic rings. The number of nitrogens with two attached hydrogens (primary N) is 1. The smallest absolute Gasteiger partial charge is 0.274 e. The maximum atomic E-state index is 11.6. The van der Waals surface area contributed by atoms with Crippen LogP contribution in [0.5, 0.6) is 0 Å². The second kappa shape index (κ2) is 5.03. The van der Waals surface area contributed by atoms with Crippen LogP contribution in [0.15, 0.2) is 11.6 Å². The fraction of sp³-hybridized carbons (Fsp3) is 0.400. The van der Waals surface area contributed by atoms with Crippen molar-refractivity contribution >= 4 is 23.2 Å². The van der Waals surface area contributed by atoms with Crippen LogP contribution in [0.4, 0.5) is 5.69 Å². The van der Waals surface area contributed by atoms with Gasteiger partial charge in [0.05, 0.1) is 17.9 Å². The third kappa shape index (κ3) is 2.76. The van der Waals surface area contributed by atoms with E-state index in [0.717, 1.165) is 5.69 Å². The number of aromatic amines is 1. The Balaban J connectivity index is 2.80. The highest BCUT2D eigenvalue weighted by atomic mass is 35.5. The van der Waals surface area contributed by atoms with Gasteiger partial charge in [0, 0.05) is 5.03 Å². The number of carbonyl (C=O) groups excluding carboxylic acids is 1. The van der Waals surface area contributed by atoms with Crippen LogP contribution in [-0.2, 0) is 0 Å². The Morgan fingerprint density at radius 1 is 1.69 bits per heavy atom. The number of hydrogen-bond donors (Lipinski definition) is 3. The molecule has 0 saturated heterocycles.